The van der Waals surface area contributed by atoms with E-state index in [1.54, 1.807) is 101 Å². The van der Waals surface area contributed by atoms with E-state index in [4.69, 9.17) is 35.4 Å². The fourth-order valence-corrected chi connectivity index (χ4v) is 23.3. The third kappa shape index (κ3) is 15.6. The van der Waals surface area contributed by atoms with Crippen molar-refractivity contribution in [2.45, 2.75) is 53.9 Å². The summed E-state index contributed by atoms with van der Waals surface area (Å²) in [5, 5.41) is 0. The summed E-state index contributed by atoms with van der Waals surface area (Å²) in [6.45, 7) is 27.5. The van der Waals surface area contributed by atoms with E-state index in [9.17, 15) is 19.2 Å². The van der Waals surface area contributed by atoms with Crippen molar-refractivity contribution in [2.75, 3.05) is 26.4 Å². The first-order valence-corrected chi connectivity index (χ1v) is 24.5. The molecule has 0 aromatic carbocycles. The number of ether oxygens (including phenoxy) is 4. The van der Waals surface area contributed by atoms with Crippen LogP contribution >= 0.6 is 0 Å². The first-order valence-electron chi connectivity index (χ1n) is 15.0. The first-order chi connectivity index (χ1) is 22.1. The second-order valence-electron chi connectivity index (χ2n) is 11.6. The average molecular weight is 737 g/mol. The molecular formula is C32H48O12Si4. The monoisotopic (exact) mass is 736 g/mol. The predicted octanol–water partition coefficient (Wildman–Crippen LogP) is 5.21. The maximum absolute atomic E-state index is 11.9. The Morgan fingerprint density at radius 1 is 0.438 bits per heavy atom. The van der Waals surface area contributed by atoms with Gasteiger partial charge in [0.25, 0.3) is 0 Å². The van der Waals surface area contributed by atoms with Crippen molar-refractivity contribution in [1.29, 1.82) is 0 Å². The molecule has 0 N–H and O–H groups in total. The minimum absolute atomic E-state index is 0.0588. The fourth-order valence-electron chi connectivity index (χ4n) is 4.00. The zero-order valence-corrected chi connectivity index (χ0v) is 33.2. The van der Waals surface area contributed by atoms with Gasteiger partial charge in [-0.25, -0.2) is 19.2 Å². The molecule has 1 aliphatic heterocycles. The molecule has 48 heavy (non-hydrogen) atoms. The highest BCUT2D eigenvalue weighted by Crippen LogP contribution is 2.33. The highest BCUT2D eigenvalue weighted by molar-refractivity contribution is 6.98. The molecule has 1 saturated heterocycles. The van der Waals surface area contributed by atoms with E-state index < -0.39 is 58.1 Å². The van der Waals surface area contributed by atoms with Gasteiger partial charge < -0.3 is 35.4 Å². The molecule has 0 saturated carbocycles. The molecule has 12 nitrogen and oxygen atoms in total. The van der Waals surface area contributed by atoms with Crippen LogP contribution < -0.4 is 0 Å². The lowest BCUT2D eigenvalue weighted by molar-refractivity contribution is -0.138. The van der Waals surface area contributed by atoms with Crippen LogP contribution in [0, 0.1) is 0 Å². The Hall–Kier alpha value is -3.49. The molecule has 0 radical (unpaired) electrons. The third-order valence-electron chi connectivity index (χ3n) is 5.94. The molecule has 0 aromatic heterocycles. The van der Waals surface area contributed by atoms with Crippen molar-refractivity contribution in [3.05, 3.63) is 95.7 Å². The number of rotatable bonds is 16. The topological polar surface area (TPSA) is 142 Å². The van der Waals surface area contributed by atoms with Crippen LogP contribution in [0.2, 0.25) is 26.2 Å². The molecule has 0 aromatic rings. The van der Waals surface area contributed by atoms with Crippen molar-refractivity contribution in [1.82, 2.24) is 0 Å². The highest BCUT2D eigenvalue weighted by Gasteiger charge is 2.54. The lowest BCUT2D eigenvalue weighted by Gasteiger charge is -2.47. The molecule has 1 fully saturated rings. The molecule has 1 rings (SSSR count). The third-order valence-corrected chi connectivity index (χ3v) is 22.3. The van der Waals surface area contributed by atoms with E-state index >= 15 is 0 Å². The maximum atomic E-state index is 11.9. The summed E-state index contributed by atoms with van der Waals surface area (Å²) in [6, 6.07) is 0. The van der Waals surface area contributed by atoms with Crippen molar-refractivity contribution in [2.24, 2.45) is 0 Å². The van der Waals surface area contributed by atoms with Crippen LogP contribution in [0.25, 0.3) is 0 Å². The Morgan fingerprint density at radius 3 is 0.750 bits per heavy atom. The SMILES string of the molecule is C=C(C)C(=O)OCC=C[Si]1(C)O[Si](C)(C=CCOC(=O)C(=C)C)O[Si](C)(C=CCOC(=O)C(=C)C)O[Si](C)(C=CCOC(=O)C(=C)C)O1. The molecular weight excluding hydrogens is 689 g/mol. The van der Waals surface area contributed by atoms with E-state index in [1.807, 2.05) is 0 Å². The predicted molar refractivity (Wildman–Crippen MR) is 190 cm³/mol. The van der Waals surface area contributed by atoms with Crippen LogP contribution in [-0.2, 0) is 54.6 Å². The number of esters is 4. The van der Waals surface area contributed by atoms with Crippen LogP contribution in [0.15, 0.2) is 95.7 Å². The molecule has 0 amide bonds. The van der Waals surface area contributed by atoms with Gasteiger partial charge in [0.15, 0.2) is 0 Å². The lowest BCUT2D eigenvalue weighted by Crippen LogP contribution is -2.66. The molecule has 0 aliphatic carbocycles. The number of carbonyl (C=O) groups is 4. The fraction of sp³-hybridized carbons (Fsp3) is 0.375. The summed E-state index contributed by atoms with van der Waals surface area (Å²) in [7, 11) is -13.5. The Kier molecular flexibility index (Phi) is 16.7. The number of hydrogen-bond acceptors (Lipinski definition) is 12. The van der Waals surface area contributed by atoms with Gasteiger partial charge in [-0.1, -0.05) is 50.6 Å². The summed E-state index contributed by atoms with van der Waals surface area (Å²) in [5.41, 5.74) is 7.93. The summed E-state index contributed by atoms with van der Waals surface area (Å²) in [5.74, 6) is -2.17. The average Bonchev–Trinajstić information content (AvgIpc) is 2.96. The minimum atomic E-state index is -3.37. The van der Waals surface area contributed by atoms with E-state index in [0.717, 1.165) is 0 Å². The van der Waals surface area contributed by atoms with E-state index in [-0.39, 0.29) is 48.7 Å². The van der Waals surface area contributed by atoms with Crippen LogP contribution in [0.4, 0.5) is 0 Å². The standard InChI is InChI=1S/C32H48O12Si4/c1-25(2)29(33)37-17-13-21-45(9)41-46(10,22-14-18-38-30(34)26(3)4)43-48(12,24-16-20-40-32(36)28(7)8)44-47(11,42-45)23-15-19-39-31(35)27(5)6/h13-16,21-24H,1,3,5,7,17-20H2,2,4,6,8-12H3. The van der Waals surface area contributed by atoms with Gasteiger partial charge in [-0.2, -0.15) is 0 Å². The quantitative estimate of drug-likeness (QED) is 0.0889. The van der Waals surface area contributed by atoms with Gasteiger partial charge in [0.1, 0.15) is 26.4 Å². The van der Waals surface area contributed by atoms with Gasteiger partial charge >= 0.3 is 58.1 Å². The first kappa shape index (κ1) is 42.5. The second-order valence-corrected chi connectivity index (χ2v) is 24.3. The van der Waals surface area contributed by atoms with Crippen molar-refractivity contribution >= 4 is 58.1 Å². The summed E-state index contributed by atoms with van der Waals surface area (Å²) < 4.78 is 48.1. The molecule has 0 unspecified atom stereocenters. The highest BCUT2D eigenvalue weighted by atomic mass is 28.5. The molecule has 0 atom stereocenters. The van der Waals surface area contributed by atoms with E-state index in [2.05, 4.69) is 26.3 Å². The van der Waals surface area contributed by atoms with Gasteiger partial charge in [-0.3, -0.25) is 0 Å². The smallest absolute Gasteiger partial charge is 0.344 e. The Balaban J connectivity index is 3.59. The Bertz CT molecular complexity index is 1180. The zero-order chi connectivity index (χ0) is 36.8. The summed E-state index contributed by atoms with van der Waals surface area (Å²) in [4.78, 5) is 47.7. The Morgan fingerprint density at radius 2 is 0.604 bits per heavy atom. The molecule has 16 heteroatoms. The minimum Gasteiger partial charge on any atom is -0.458 e. The largest absolute Gasteiger partial charge is 0.458 e. The molecule has 1 aliphatic rings. The van der Waals surface area contributed by atoms with Crippen LogP contribution in [0.1, 0.15) is 27.7 Å². The lowest BCUT2D eigenvalue weighted by atomic mass is 10.4. The van der Waals surface area contributed by atoms with Crippen molar-refractivity contribution in [3.8, 4) is 0 Å². The van der Waals surface area contributed by atoms with Gasteiger partial charge in [-0.15, -0.1) is 0 Å². The normalized spacial score (nSPS) is 26.2. The van der Waals surface area contributed by atoms with Crippen LogP contribution in [0.5, 0.6) is 0 Å². The van der Waals surface area contributed by atoms with Gasteiger partial charge in [-0.05, 0) is 76.7 Å². The Labute approximate surface area is 288 Å². The van der Waals surface area contributed by atoms with Crippen LogP contribution in [0.3, 0.4) is 0 Å². The summed E-state index contributed by atoms with van der Waals surface area (Å²) >= 11 is 0. The summed E-state index contributed by atoms with van der Waals surface area (Å²) in [6.07, 6.45) is 6.51. The van der Waals surface area contributed by atoms with Crippen molar-refractivity contribution in [3.63, 3.8) is 0 Å². The molecule has 264 valence electrons. The van der Waals surface area contributed by atoms with Gasteiger partial charge in [0.2, 0.25) is 0 Å². The number of carbonyl (C=O) groups excluding carboxylic acids is 4. The van der Waals surface area contributed by atoms with Crippen LogP contribution in [-0.4, -0.2) is 84.5 Å². The van der Waals surface area contributed by atoms with Crippen molar-refractivity contribution < 1.29 is 54.6 Å². The maximum Gasteiger partial charge on any atom is 0.344 e. The molecule has 0 bridgehead atoms. The van der Waals surface area contributed by atoms with E-state index in [0.29, 0.717) is 0 Å². The molecule has 0 spiro atoms. The molecule has 1 heterocycles. The van der Waals surface area contributed by atoms with E-state index in [1.165, 1.54) is 0 Å². The zero-order valence-electron chi connectivity index (χ0n) is 29.2. The number of hydrogen-bond donors (Lipinski definition) is 0. The van der Waals surface area contributed by atoms with Gasteiger partial charge in [0.05, 0.1) is 0 Å². The second kappa shape index (κ2) is 18.9. The van der Waals surface area contributed by atoms with Gasteiger partial charge in [0, 0.05) is 22.3 Å².